The van der Waals surface area contributed by atoms with E-state index in [0.717, 1.165) is 21.4 Å². The molecule has 2 aromatic rings. The summed E-state index contributed by atoms with van der Waals surface area (Å²) in [5, 5.41) is 3.73. The molecule has 1 heterocycles. The molecule has 0 amide bonds. The summed E-state index contributed by atoms with van der Waals surface area (Å²) in [7, 11) is 0. The van der Waals surface area contributed by atoms with Crippen molar-refractivity contribution in [1.29, 1.82) is 0 Å². The van der Waals surface area contributed by atoms with E-state index in [4.69, 9.17) is 5.73 Å². The van der Waals surface area contributed by atoms with Crippen LogP contribution in [0.25, 0.3) is 11.1 Å². The zero-order chi connectivity index (χ0) is 14.0. The fourth-order valence-corrected chi connectivity index (χ4v) is 1.95. The van der Waals surface area contributed by atoms with Gasteiger partial charge in [0.25, 0.3) is 0 Å². The molecule has 0 atom stereocenters. The fraction of sp³-hybridized carbons (Fsp3) is 0.308. The van der Waals surface area contributed by atoms with Gasteiger partial charge in [-0.1, -0.05) is 23.8 Å². The predicted molar refractivity (Wildman–Crippen MR) is 66.3 cm³/mol. The summed E-state index contributed by atoms with van der Waals surface area (Å²) >= 11 is 0. The molecule has 0 bridgehead atoms. The lowest BCUT2D eigenvalue weighted by atomic mass is 10.0. The van der Waals surface area contributed by atoms with E-state index in [2.05, 4.69) is 5.10 Å². The van der Waals surface area contributed by atoms with Gasteiger partial charge in [-0.25, -0.2) is 0 Å². The monoisotopic (exact) mass is 269 g/mol. The minimum Gasteiger partial charge on any atom is -0.326 e. The van der Waals surface area contributed by atoms with Gasteiger partial charge >= 0.3 is 6.18 Å². The Morgan fingerprint density at radius 2 is 2.05 bits per heavy atom. The number of nitrogens with two attached hydrogens (primary N) is 1. The quantitative estimate of drug-likeness (QED) is 0.931. The van der Waals surface area contributed by atoms with Gasteiger partial charge in [-0.15, -0.1) is 0 Å². The lowest BCUT2D eigenvalue weighted by Gasteiger charge is -2.07. The van der Waals surface area contributed by atoms with Crippen molar-refractivity contribution in [1.82, 2.24) is 9.78 Å². The molecule has 0 unspecified atom stereocenters. The Kier molecular flexibility index (Phi) is 3.61. The maximum atomic E-state index is 12.3. The van der Waals surface area contributed by atoms with E-state index in [1.54, 1.807) is 0 Å². The van der Waals surface area contributed by atoms with Gasteiger partial charge in [-0.05, 0) is 18.1 Å². The Balaban J connectivity index is 2.33. The number of hydrogen-bond acceptors (Lipinski definition) is 2. The van der Waals surface area contributed by atoms with Crippen LogP contribution < -0.4 is 5.73 Å². The molecular weight excluding hydrogens is 255 g/mol. The van der Waals surface area contributed by atoms with Crippen LogP contribution in [0.2, 0.25) is 0 Å². The summed E-state index contributed by atoms with van der Waals surface area (Å²) in [5.74, 6) is 0. The highest BCUT2D eigenvalue weighted by Gasteiger charge is 2.28. The van der Waals surface area contributed by atoms with Gasteiger partial charge in [0.15, 0.2) is 0 Å². The van der Waals surface area contributed by atoms with E-state index >= 15 is 0 Å². The van der Waals surface area contributed by atoms with Crippen LogP contribution in [0, 0.1) is 6.92 Å². The Bertz CT molecular complexity index is 573. The normalized spacial score (nSPS) is 11.8. The highest BCUT2D eigenvalue weighted by Crippen LogP contribution is 2.25. The van der Waals surface area contributed by atoms with Crippen molar-refractivity contribution in [3.8, 4) is 11.1 Å². The van der Waals surface area contributed by atoms with Gasteiger partial charge in [-0.2, -0.15) is 18.3 Å². The number of aromatic nitrogens is 2. The van der Waals surface area contributed by atoms with Gasteiger partial charge in [0.1, 0.15) is 6.54 Å². The van der Waals surface area contributed by atoms with Crippen molar-refractivity contribution in [2.24, 2.45) is 5.73 Å². The summed E-state index contributed by atoms with van der Waals surface area (Å²) < 4.78 is 37.7. The lowest BCUT2D eigenvalue weighted by molar-refractivity contribution is -0.142. The average molecular weight is 269 g/mol. The number of rotatable bonds is 3. The molecule has 0 fully saturated rings. The number of alkyl halides is 3. The van der Waals surface area contributed by atoms with Crippen LogP contribution in [0.3, 0.4) is 0 Å². The van der Waals surface area contributed by atoms with E-state index in [1.807, 2.05) is 25.1 Å². The van der Waals surface area contributed by atoms with Crippen molar-refractivity contribution in [3.05, 3.63) is 41.7 Å². The topological polar surface area (TPSA) is 43.8 Å². The third kappa shape index (κ3) is 3.35. The van der Waals surface area contributed by atoms with Crippen LogP contribution in [0.5, 0.6) is 0 Å². The van der Waals surface area contributed by atoms with E-state index in [-0.39, 0.29) is 0 Å². The van der Waals surface area contributed by atoms with Crippen molar-refractivity contribution >= 4 is 0 Å². The maximum Gasteiger partial charge on any atom is 0.408 e. The molecule has 0 saturated heterocycles. The first-order valence-corrected chi connectivity index (χ1v) is 5.78. The SMILES string of the molecule is Cc1ccc(-c2cnn(CC(F)(F)F)c2)c(CN)c1. The predicted octanol–water partition coefficient (Wildman–Crippen LogP) is 2.88. The molecule has 2 N–H and O–H groups in total. The smallest absolute Gasteiger partial charge is 0.326 e. The van der Waals surface area contributed by atoms with Crippen LogP contribution in [0.4, 0.5) is 13.2 Å². The molecule has 0 aliphatic heterocycles. The first kappa shape index (κ1) is 13.6. The molecule has 102 valence electrons. The van der Waals surface area contributed by atoms with Crippen LogP contribution in [0.15, 0.2) is 30.6 Å². The van der Waals surface area contributed by atoms with Gasteiger partial charge in [0, 0.05) is 18.3 Å². The molecule has 0 aliphatic rings. The summed E-state index contributed by atoms with van der Waals surface area (Å²) in [5.41, 5.74) is 9.08. The zero-order valence-corrected chi connectivity index (χ0v) is 10.4. The molecule has 1 aromatic heterocycles. The average Bonchev–Trinajstić information content (AvgIpc) is 2.74. The number of benzene rings is 1. The molecular formula is C13H14F3N3. The summed E-state index contributed by atoms with van der Waals surface area (Å²) in [6.45, 7) is 1.19. The van der Waals surface area contributed by atoms with Crippen LogP contribution in [0.1, 0.15) is 11.1 Å². The summed E-state index contributed by atoms with van der Waals surface area (Å²) in [6.07, 6.45) is -1.46. The second-order valence-electron chi connectivity index (χ2n) is 4.41. The summed E-state index contributed by atoms with van der Waals surface area (Å²) in [4.78, 5) is 0. The Labute approximate surface area is 108 Å². The number of halogens is 3. The fourth-order valence-electron chi connectivity index (χ4n) is 1.95. The van der Waals surface area contributed by atoms with Crippen LogP contribution in [-0.4, -0.2) is 16.0 Å². The molecule has 0 spiro atoms. The third-order valence-electron chi connectivity index (χ3n) is 2.77. The van der Waals surface area contributed by atoms with Gasteiger partial charge in [-0.3, -0.25) is 4.68 Å². The molecule has 1 aromatic carbocycles. The molecule has 3 nitrogen and oxygen atoms in total. The minimum atomic E-state index is -4.27. The van der Waals surface area contributed by atoms with Gasteiger partial charge in [0.2, 0.25) is 0 Å². The van der Waals surface area contributed by atoms with Crippen molar-refractivity contribution in [2.75, 3.05) is 0 Å². The lowest BCUT2D eigenvalue weighted by Crippen LogP contribution is -2.17. The molecule has 0 saturated carbocycles. The highest BCUT2D eigenvalue weighted by molar-refractivity contribution is 5.66. The van der Waals surface area contributed by atoms with E-state index in [9.17, 15) is 13.2 Å². The van der Waals surface area contributed by atoms with E-state index in [0.29, 0.717) is 12.1 Å². The van der Waals surface area contributed by atoms with Crippen molar-refractivity contribution in [3.63, 3.8) is 0 Å². The zero-order valence-electron chi connectivity index (χ0n) is 10.4. The molecule has 2 rings (SSSR count). The van der Waals surface area contributed by atoms with Crippen molar-refractivity contribution < 1.29 is 13.2 Å². The Morgan fingerprint density at radius 3 is 2.68 bits per heavy atom. The highest BCUT2D eigenvalue weighted by atomic mass is 19.4. The molecule has 6 heteroatoms. The van der Waals surface area contributed by atoms with Crippen LogP contribution in [-0.2, 0) is 13.1 Å². The molecule has 0 radical (unpaired) electrons. The Hall–Kier alpha value is -1.82. The third-order valence-corrected chi connectivity index (χ3v) is 2.77. The minimum absolute atomic E-state index is 0.335. The Morgan fingerprint density at radius 1 is 1.32 bits per heavy atom. The molecule has 19 heavy (non-hydrogen) atoms. The van der Waals surface area contributed by atoms with E-state index in [1.165, 1.54) is 12.4 Å². The van der Waals surface area contributed by atoms with E-state index < -0.39 is 12.7 Å². The second-order valence-corrected chi connectivity index (χ2v) is 4.41. The second kappa shape index (κ2) is 5.05. The largest absolute Gasteiger partial charge is 0.408 e. The number of aryl methyl sites for hydroxylation is 1. The first-order chi connectivity index (χ1) is 8.89. The summed E-state index contributed by atoms with van der Waals surface area (Å²) in [6, 6.07) is 5.68. The number of nitrogens with zero attached hydrogens (tertiary/aromatic N) is 2. The maximum absolute atomic E-state index is 12.3. The first-order valence-electron chi connectivity index (χ1n) is 5.78. The standard InChI is InChI=1S/C13H14F3N3/c1-9-2-3-12(10(4-9)5-17)11-6-18-19(7-11)8-13(14,15)16/h2-4,6-7H,5,8,17H2,1H3. The van der Waals surface area contributed by atoms with Crippen molar-refractivity contribution in [2.45, 2.75) is 26.2 Å². The molecule has 0 aliphatic carbocycles. The van der Waals surface area contributed by atoms with Gasteiger partial charge in [0.05, 0.1) is 6.20 Å². The van der Waals surface area contributed by atoms with Gasteiger partial charge < -0.3 is 5.73 Å². The van der Waals surface area contributed by atoms with Crippen LogP contribution >= 0.6 is 0 Å². The number of hydrogen-bond donors (Lipinski definition) is 1.